The molecule has 1 aliphatic heterocycles. The lowest BCUT2D eigenvalue weighted by Crippen LogP contribution is -2.39. The highest BCUT2D eigenvalue weighted by Crippen LogP contribution is 2.47. The Labute approximate surface area is 143 Å². The largest absolute Gasteiger partial charge is 0.387 e. The predicted octanol–water partition coefficient (Wildman–Crippen LogP) is 3.63. The molecule has 24 heavy (non-hydrogen) atoms. The quantitative estimate of drug-likeness (QED) is 0.917. The van der Waals surface area contributed by atoms with Gasteiger partial charge in [-0.3, -0.25) is 0 Å². The molecule has 3 aliphatic rings. The molecule has 1 aromatic carbocycles. The van der Waals surface area contributed by atoms with Crippen LogP contribution in [0.2, 0.25) is 0 Å². The van der Waals surface area contributed by atoms with E-state index >= 15 is 0 Å². The zero-order valence-corrected chi connectivity index (χ0v) is 14.7. The number of rotatable bonds is 2. The van der Waals surface area contributed by atoms with Crippen LogP contribution in [0.5, 0.6) is 0 Å². The maximum Gasteiger partial charge on any atom is 0.129 e. The van der Waals surface area contributed by atoms with Crippen molar-refractivity contribution in [1.82, 2.24) is 4.98 Å². The lowest BCUT2D eigenvalue weighted by atomic mass is 9.88. The van der Waals surface area contributed by atoms with Crippen LogP contribution >= 0.6 is 0 Å². The van der Waals surface area contributed by atoms with Gasteiger partial charge >= 0.3 is 0 Å². The second kappa shape index (κ2) is 4.95. The maximum atomic E-state index is 11.1. The molecule has 3 nitrogen and oxygen atoms in total. The number of β-amino-alcohol motifs (C(OH)–C–C–N with tert-alkyl or cyclic N) is 1. The van der Waals surface area contributed by atoms with Gasteiger partial charge in [0.2, 0.25) is 0 Å². The third-order valence-electron chi connectivity index (χ3n) is 6.62. The van der Waals surface area contributed by atoms with E-state index in [4.69, 9.17) is 4.98 Å². The number of pyridine rings is 1. The zero-order chi connectivity index (χ0) is 16.5. The van der Waals surface area contributed by atoms with Crippen molar-refractivity contribution in [2.24, 2.45) is 11.8 Å². The van der Waals surface area contributed by atoms with Crippen molar-refractivity contribution in [3.8, 4) is 0 Å². The normalized spacial score (nSPS) is 29.5. The Kier molecular flexibility index (Phi) is 3.03. The molecule has 2 heterocycles. The lowest BCUT2D eigenvalue weighted by Gasteiger charge is -2.26. The number of nitrogens with zero attached hydrogens (tertiary/aromatic N) is 2. The molecule has 0 amide bonds. The van der Waals surface area contributed by atoms with Crippen molar-refractivity contribution in [2.45, 2.75) is 51.6 Å². The smallest absolute Gasteiger partial charge is 0.129 e. The highest BCUT2D eigenvalue weighted by atomic mass is 16.3. The molecule has 5 rings (SSSR count). The first-order chi connectivity index (χ1) is 11.5. The van der Waals surface area contributed by atoms with E-state index < -0.39 is 5.60 Å². The van der Waals surface area contributed by atoms with Crippen LogP contribution in [-0.4, -0.2) is 28.8 Å². The van der Waals surface area contributed by atoms with E-state index in [0.717, 1.165) is 24.4 Å². The van der Waals surface area contributed by atoms with E-state index in [0.29, 0.717) is 11.8 Å². The Balaban J connectivity index is 1.55. The highest BCUT2D eigenvalue weighted by Gasteiger charge is 2.52. The SMILES string of the molecule is Cc1cc(N2CC(C)C(O)(C3CC3)C2)nc2cc3c(cc12)CCC3. The Morgan fingerprint density at radius 2 is 1.92 bits per heavy atom. The number of hydrogen-bond acceptors (Lipinski definition) is 3. The Hall–Kier alpha value is -1.61. The summed E-state index contributed by atoms with van der Waals surface area (Å²) in [5.74, 6) is 1.87. The van der Waals surface area contributed by atoms with Gasteiger partial charge in [0.1, 0.15) is 5.82 Å². The first-order valence-corrected chi connectivity index (χ1v) is 9.45. The first-order valence-electron chi connectivity index (χ1n) is 9.45. The lowest BCUT2D eigenvalue weighted by molar-refractivity contribution is 0.00281. The van der Waals surface area contributed by atoms with Crippen molar-refractivity contribution in [3.63, 3.8) is 0 Å². The van der Waals surface area contributed by atoms with Crippen molar-refractivity contribution < 1.29 is 5.11 Å². The summed E-state index contributed by atoms with van der Waals surface area (Å²) in [4.78, 5) is 7.30. The van der Waals surface area contributed by atoms with E-state index in [9.17, 15) is 5.11 Å². The van der Waals surface area contributed by atoms with Crippen molar-refractivity contribution >= 4 is 16.7 Å². The van der Waals surface area contributed by atoms with Gasteiger partial charge in [-0.25, -0.2) is 4.98 Å². The van der Waals surface area contributed by atoms with Crippen LogP contribution < -0.4 is 4.90 Å². The monoisotopic (exact) mass is 322 g/mol. The van der Waals surface area contributed by atoms with Gasteiger partial charge in [-0.05, 0) is 79.8 Å². The van der Waals surface area contributed by atoms with Gasteiger partial charge in [0, 0.05) is 24.4 Å². The molecular formula is C21H26N2O. The van der Waals surface area contributed by atoms with Gasteiger partial charge in [-0.1, -0.05) is 6.92 Å². The van der Waals surface area contributed by atoms with Gasteiger partial charge in [-0.15, -0.1) is 0 Å². The van der Waals surface area contributed by atoms with Gasteiger partial charge in [-0.2, -0.15) is 0 Å². The molecule has 3 heteroatoms. The Morgan fingerprint density at radius 3 is 2.67 bits per heavy atom. The van der Waals surface area contributed by atoms with E-state index in [2.05, 4.69) is 36.9 Å². The fourth-order valence-electron chi connectivity index (χ4n) is 4.91. The first kappa shape index (κ1) is 14.7. The maximum absolute atomic E-state index is 11.1. The molecular weight excluding hydrogens is 296 g/mol. The van der Waals surface area contributed by atoms with Gasteiger partial charge in [0.25, 0.3) is 0 Å². The van der Waals surface area contributed by atoms with Crippen LogP contribution in [-0.2, 0) is 12.8 Å². The van der Waals surface area contributed by atoms with Crippen LogP contribution in [0.3, 0.4) is 0 Å². The third-order valence-corrected chi connectivity index (χ3v) is 6.62. The summed E-state index contributed by atoms with van der Waals surface area (Å²) in [7, 11) is 0. The third kappa shape index (κ3) is 2.10. The Bertz CT molecular complexity index is 826. The van der Waals surface area contributed by atoms with Crippen LogP contribution in [0, 0.1) is 18.8 Å². The molecule has 2 unspecified atom stereocenters. The molecule has 2 fully saturated rings. The fourth-order valence-corrected chi connectivity index (χ4v) is 4.91. The topological polar surface area (TPSA) is 36.4 Å². The predicted molar refractivity (Wildman–Crippen MR) is 97.6 cm³/mol. The highest BCUT2D eigenvalue weighted by molar-refractivity contribution is 5.85. The number of anilines is 1. The van der Waals surface area contributed by atoms with Gasteiger partial charge < -0.3 is 10.0 Å². The Morgan fingerprint density at radius 1 is 1.17 bits per heavy atom. The number of aromatic nitrogens is 1. The summed E-state index contributed by atoms with van der Waals surface area (Å²) in [6, 6.07) is 6.88. The van der Waals surface area contributed by atoms with Crippen molar-refractivity contribution in [3.05, 3.63) is 34.9 Å². The molecule has 2 aromatic rings. The molecule has 1 saturated carbocycles. The van der Waals surface area contributed by atoms with Crippen LogP contribution in [0.25, 0.3) is 10.9 Å². The van der Waals surface area contributed by atoms with Crippen LogP contribution in [0.4, 0.5) is 5.82 Å². The molecule has 0 bridgehead atoms. The summed E-state index contributed by atoms with van der Waals surface area (Å²) < 4.78 is 0. The molecule has 0 spiro atoms. The molecule has 126 valence electrons. The standard InChI is InChI=1S/C21H26N2O/c1-13-8-20(23-11-14(2)21(24,12-23)17-6-7-17)22-19-10-16-5-3-4-15(16)9-18(13)19/h8-10,14,17,24H,3-7,11-12H2,1-2H3. The van der Waals surface area contributed by atoms with Crippen LogP contribution in [0.15, 0.2) is 18.2 Å². The number of fused-ring (bicyclic) bond motifs is 2. The second-order valence-electron chi connectivity index (χ2n) is 8.34. The average molecular weight is 322 g/mol. The summed E-state index contributed by atoms with van der Waals surface area (Å²) >= 11 is 0. The van der Waals surface area contributed by atoms with E-state index in [1.165, 1.54) is 54.2 Å². The van der Waals surface area contributed by atoms with Gasteiger partial charge in [0.15, 0.2) is 0 Å². The molecule has 0 radical (unpaired) electrons. The second-order valence-corrected chi connectivity index (χ2v) is 8.34. The average Bonchev–Trinajstić information content (AvgIpc) is 3.24. The summed E-state index contributed by atoms with van der Waals surface area (Å²) in [6.07, 6.45) is 6.05. The number of aryl methyl sites for hydroxylation is 3. The zero-order valence-electron chi connectivity index (χ0n) is 14.7. The summed E-state index contributed by atoms with van der Waals surface area (Å²) in [6.45, 7) is 6.04. The van der Waals surface area contributed by atoms with E-state index in [-0.39, 0.29) is 0 Å². The van der Waals surface area contributed by atoms with E-state index in [1.807, 2.05) is 0 Å². The van der Waals surface area contributed by atoms with Gasteiger partial charge in [0.05, 0.1) is 11.1 Å². The number of aliphatic hydroxyl groups is 1. The molecule has 2 aliphatic carbocycles. The minimum atomic E-state index is -0.511. The molecule has 2 atom stereocenters. The summed E-state index contributed by atoms with van der Waals surface area (Å²) in [5, 5.41) is 12.4. The molecule has 1 saturated heterocycles. The fraction of sp³-hybridized carbons (Fsp3) is 0.571. The van der Waals surface area contributed by atoms with Crippen molar-refractivity contribution in [2.75, 3.05) is 18.0 Å². The van der Waals surface area contributed by atoms with E-state index in [1.54, 1.807) is 0 Å². The number of hydrogen-bond donors (Lipinski definition) is 1. The minimum absolute atomic E-state index is 0.322. The van der Waals surface area contributed by atoms with Crippen molar-refractivity contribution in [1.29, 1.82) is 0 Å². The molecule has 1 aromatic heterocycles. The molecule has 1 N–H and O–H groups in total. The van der Waals surface area contributed by atoms with Crippen LogP contribution in [0.1, 0.15) is 42.9 Å². The minimum Gasteiger partial charge on any atom is -0.387 e. The summed E-state index contributed by atoms with van der Waals surface area (Å²) in [5.41, 5.74) is 4.91. The number of benzene rings is 1.